The number of amides is 1. The second kappa shape index (κ2) is 4.84. The minimum Gasteiger partial charge on any atom is -0.465 e. The van der Waals surface area contributed by atoms with E-state index in [1.54, 1.807) is 13.0 Å². The van der Waals surface area contributed by atoms with Gasteiger partial charge in [0.2, 0.25) is 0 Å². The van der Waals surface area contributed by atoms with Crippen molar-refractivity contribution in [1.29, 1.82) is 0 Å². The van der Waals surface area contributed by atoms with Gasteiger partial charge in [0.1, 0.15) is 0 Å². The van der Waals surface area contributed by atoms with Crippen molar-refractivity contribution in [3.8, 4) is 0 Å². The Morgan fingerprint density at radius 3 is 2.81 bits per heavy atom. The second-order valence-corrected chi connectivity index (χ2v) is 4.35. The van der Waals surface area contributed by atoms with Gasteiger partial charge in [0, 0.05) is 12.3 Å². The Balaban J connectivity index is 2.69. The minimum atomic E-state index is -1.22. The molecule has 0 radical (unpaired) electrons. The van der Waals surface area contributed by atoms with Gasteiger partial charge in [-0.1, -0.05) is 13.0 Å². The van der Waals surface area contributed by atoms with Crippen LogP contribution in [-0.4, -0.2) is 34.2 Å². The average molecular weight is 229 g/mol. The Labute approximate surface area is 95.1 Å². The Kier molecular flexibility index (Phi) is 3.93. The van der Waals surface area contributed by atoms with Crippen LogP contribution < -0.4 is 5.32 Å². The van der Waals surface area contributed by atoms with Gasteiger partial charge >= 0.3 is 6.09 Å². The summed E-state index contributed by atoms with van der Waals surface area (Å²) in [7, 11) is 0. The Bertz CT molecular complexity index is 281. The number of nitrogens with one attached hydrogen (secondary N) is 1. The number of rotatable bonds is 3. The van der Waals surface area contributed by atoms with Crippen LogP contribution in [0.15, 0.2) is 12.7 Å². The summed E-state index contributed by atoms with van der Waals surface area (Å²) < 4.78 is 5.50. The van der Waals surface area contributed by atoms with Crippen LogP contribution in [0.1, 0.15) is 26.7 Å². The number of carboxylic acid groups (broad SMARTS) is 1. The Hall–Kier alpha value is -1.07. The zero-order valence-corrected chi connectivity index (χ0v) is 9.64. The van der Waals surface area contributed by atoms with Crippen LogP contribution in [0, 0.1) is 5.92 Å². The molecule has 0 aliphatic carbocycles. The van der Waals surface area contributed by atoms with Crippen molar-refractivity contribution in [3.05, 3.63) is 12.7 Å². The van der Waals surface area contributed by atoms with E-state index < -0.39 is 11.9 Å². The molecule has 0 aromatic carbocycles. The van der Waals surface area contributed by atoms with Gasteiger partial charge in [-0.15, -0.1) is 6.58 Å². The summed E-state index contributed by atoms with van der Waals surface area (Å²) in [5.74, 6) is -1.36. The van der Waals surface area contributed by atoms with E-state index in [1.807, 2.05) is 6.92 Å². The van der Waals surface area contributed by atoms with Gasteiger partial charge < -0.3 is 20.3 Å². The van der Waals surface area contributed by atoms with Crippen molar-refractivity contribution >= 4 is 6.09 Å². The summed E-state index contributed by atoms with van der Waals surface area (Å²) in [5.41, 5.74) is 0. The quantitative estimate of drug-likeness (QED) is 0.638. The van der Waals surface area contributed by atoms with Crippen molar-refractivity contribution < 1.29 is 19.7 Å². The number of hydrogen-bond acceptors (Lipinski definition) is 3. The zero-order valence-electron chi connectivity index (χ0n) is 9.64. The largest absolute Gasteiger partial charge is 0.465 e. The number of hydrogen-bond donors (Lipinski definition) is 3. The summed E-state index contributed by atoms with van der Waals surface area (Å²) in [6.07, 6.45) is 1.09. The van der Waals surface area contributed by atoms with Gasteiger partial charge in [0.05, 0.1) is 12.1 Å². The molecule has 1 heterocycles. The highest BCUT2D eigenvalue weighted by Crippen LogP contribution is 2.34. The van der Waals surface area contributed by atoms with Crippen LogP contribution in [0.2, 0.25) is 0 Å². The maximum Gasteiger partial charge on any atom is 0.404 e. The number of ether oxygens (including phenoxy) is 1. The first-order chi connectivity index (χ1) is 7.39. The lowest BCUT2D eigenvalue weighted by molar-refractivity contribution is -0.279. The van der Waals surface area contributed by atoms with Crippen LogP contribution in [0.25, 0.3) is 0 Å². The SMILES string of the molecule is C=CCC1(O)O[C@H](C)[C@H](NC(=O)O)C[C@@H]1C. The molecule has 5 nitrogen and oxygen atoms in total. The molecule has 0 spiro atoms. The molecule has 0 bridgehead atoms. The van der Waals surface area contributed by atoms with Gasteiger partial charge in [-0.05, 0) is 13.3 Å². The molecule has 1 saturated heterocycles. The molecule has 0 aromatic heterocycles. The molecule has 1 unspecified atom stereocenters. The van der Waals surface area contributed by atoms with Crippen LogP contribution in [0.5, 0.6) is 0 Å². The smallest absolute Gasteiger partial charge is 0.404 e. The molecular formula is C11H19NO4. The molecule has 1 amide bonds. The lowest BCUT2D eigenvalue weighted by Gasteiger charge is -2.44. The van der Waals surface area contributed by atoms with Crippen LogP contribution >= 0.6 is 0 Å². The standard InChI is InChI=1S/C11H19NO4/c1-4-5-11(15)7(2)6-9(8(3)16-11)12-10(13)14/h4,7-9,12,15H,1,5-6H2,2-3H3,(H,13,14)/t7-,8+,9+,11?/m0/s1. The van der Waals surface area contributed by atoms with Crippen molar-refractivity contribution in [1.82, 2.24) is 5.32 Å². The summed E-state index contributed by atoms with van der Waals surface area (Å²) in [4.78, 5) is 10.6. The van der Waals surface area contributed by atoms with E-state index >= 15 is 0 Å². The number of aliphatic hydroxyl groups is 1. The van der Waals surface area contributed by atoms with Crippen molar-refractivity contribution in [2.45, 2.75) is 44.6 Å². The molecular weight excluding hydrogens is 210 g/mol. The summed E-state index contributed by atoms with van der Waals surface area (Å²) in [5, 5.41) is 21.2. The molecule has 5 heteroatoms. The third-order valence-corrected chi connectivity index (χ3v) is 3.08. The molecule has 4 atom stereocenters. The van der Waals surface area contributed by atoms with Crippen LogP contribution in [0.4, 0.5) is 4.79 Å². The topological polar surface area (TPSA) is 78.8 Å². The van der Waals surface area contributed by atoms with Gasteiger partial charge in [-0.3, -0.25) is 0 Å². The highest BCUT2D eigenvalue weighted by Gasteiger charge is 2.43. The summed E-state index contributed by atoms with van der Waals surface area (Å²) in [6, 6.07) is -0.280. The fraction of sp³-hybridized carbons (Fsp3) is 0.727. The van der Waals surface area contributed by atoms with E-state index in [-0.39, 0.29) is 18.1 Å². The highest BCUT2D eigenvalue weighted by atomic mass is 16.6. The summed E-state index contributed by atoms with van der Waals surface area (Å²) >= 11 is 0. The third-order valence-electron chi connectivity index (χ3n) is 3.08. The van der Waals surface area contributed by atoms with Crippen LogP contribution in [-0.2, 0) is 4.74 Å². The highest BCUT2D eigenvalue weighted by molar-refractivity contribution is 5.64. The predicted molar refractivity (Wildman–Crippen MR) is 59.0 cm³/mol. The second-order valence-electron chi connectivity index (χ2n) is 4.35. The maximum absolute atomic E-state index is 10.6. The molecule has 1 fully saturated rings. The molecule has 16 heavy (non-hydrogen) atoms. The van der Waals surface area contributed by atoms with Gasteiger partial charge in [0.25, 0.3) is 0 Å². The molecule has 1 aliphatic rings. The van der Waals surface area contributed by atoms with E-state index in [2.05, 4.69) is 11.9 Å². The molecule has 3 N–H and O–H groups in total. The third kappa shape index (κ3) is 2.74. The first-order valence-corrected chi connectivity index (χ1v) is 5.39. The molecule has 1 rings (SSSR count). The van der Waals surface area contributed by atoms with E-state index in [0.29, 0.717) is 12.8 Å². The fourth-order valence-electron chi connectivity index (χ4n) is 2.07. The monoisotopic (exact) mass is 229 g/mol. The fourth-order valence-corrected chi connectivity index (χ4v) is 2.07. The first-order valence-electron chi connectivity index (χ1n) is 5.39. The lowest BCUT2D eigenvalue weighted by atomic mass is 9.85. The van der Waals surface area contributed by atoms with Gasteiger partial charge in [-0.25, -0.2) is 4.79 Å². The van der Waals surface area contributed by atoms with E-state index in [1.165, 1.54) is 0 Å². The maximum atomic E-state index is 10.6. The molecule has 0 aromatic rings. The van der Waals surface area contributed by atoms with E-state index in [9.17, 15) is 9.90 Å². The number of carbonyl (C=O) groups is 1. The lowest BCUT2D eigenvalue weighted by Crippen LogP contribution is -2.56. The zero-order chi connectivity index (χ0) is 12.3. The normalized spacial score (nSPS) is 39.1. The van der Waals surface area contributed by atoms with Crippen molar-refractivity contribution in [2.75, 3.05) is 0 Å². The van der Waals surface area contributed by atoms with E-state index in [0.717, 1.165) is 0 Å². The average Bonchev–Trinajstić information content (AvgIpc) is 2.14. The minimum absolute atomic E-state index is 0.140. The van der Waals surface area contributed by atoms with Gasteiger partial charge in [-0.2, -0.15) is 0 Å². The van der Waals surface area contributed by atoms with Crippen molar-refractivity contribution in [3.63, 3.8) is 0 Å². The molecule has 1 aliphatic heterocycles. The van der Waals surface area contributed by atoms with Crippen molar-refractivity contribution in [2.24, 2.45) is 5.92 Å². The first kappa shape index (κ1) is 13.0. The molecule has 92 valence electrons. The summed E-state index contributed by atoms with van der Waals surface area (Å²) in [6.45, 7) is 7.17. The predicted octanol–water partition coefficient (Wildman–Crippen LogP) is 1.33. The van der Waals surface area contributed by atoms with E-state index in [4.69, 9.17) is 9.84 Å². The Morgan fingerprint density at radius 2 is 2.31 bits per heavy atom. The molecule has 0 saturated carbocycles. The van der Waals surface area contributed by atoms with Crippen LogP contribution in [0.3, 0.4) is 0 Å². The Morgan fingerprint density at radius 1 is 1.69 bits per heavy atom. The van der Waals surface area contributed by atoms with Gasteiger partial charge in [0.15, 0.2) is 5.79 Å².